The van der Waals surface area contributed by atoms with Crippen molar-refractivity contribution in [1.82, 2.24) is 30.0 Å². The van der Waals surface area contributed by atoms with Crippen LogP contribution in [0.3, 0.4) is 0 Å². The number of rotatable bonds is 9. The summed E-state index contributed by atoms with van der Waals surface area (Å²) in [7, 11) is 0. The summed E-state index contributed by atoms with van der Waals surface area (Å²) in [4.78, 5) is 14.8. The summed E-state index contributed by atoms with van der Waals surface area (Å²) in [6.07, 6.45) is 6.92. The minimum atomic E-state index is 0.352. The second-order valence-electron chi connectivity index (χ2n) is 10.2. The summed E-state index contributed by atoms with van der Waals surface area (Å²) in [5, 5.41) is 24.4. The topological polar surface area (TPSA) is 109 Å². The number of fused-ring (bicyclic) bond motifs is 1. The van der Waals surface area contributed by atoms with Crippen LogP contribution in [0.4, 0.5) is 17.5 Å². The highest BCUT2D eigenvalue weighted by Gasteiger charge is 2.42. The molecule has 2 fully saturated rings. The van der Waals surface area contributed by atoms with Gasteiger partial charge in [0.05, 0.1) is 11.6 Å². The van der Waals surface area contributed by atoms with Gasteiger partial charge >= 0.3 is 0 Å². The zero-order valence-electron chi connectivity index (χ0n) is 21.5. The Morgan fingerprint density at radius 2 is 1.92 bits per heavy atom. The highest BCUT2D eigenvalue weighted by atomic mass is 15.3. The number of pyridine rings is 2. The molecule has 2 unspecified atom stereocenters. The normalized spacial score (nSPS) is 23.3. The third-order valence-corrected chi connectivity index (χ3v) is 7.70. The van der Waals surface area contributed by atoms with Crippen LogP contribution in [-0.4, -0.2) is 73.8 Å². The summed E-state index contributed by atoms with van der Waals surface area (Å²) in [5.41, 5.74) is 1.91. The Balaban J connectivity index is 1.33. The molecule has 5 rings (SSSR count). The number of nitriles is 1. The van der Waals surface area contributed by atoms with E-state index >= 15 is 0 Å². The number of nitrogens with one attached hydrogen (secondary N) is 3. The van der Waals surface area contributed by atoms with Crippen LogP contribution in [0.1, 0.15) is 51.6 Å². The number of H-pyrrole nitrogens is 1. The number of hydrogen-bond acceptors (Lipinski definition) is 8. The predicted molar refractivity (Wildman–Crippen MR) is 143 cm³/mol. The molecule has 3 aromatic rings. The molecule has 2 aliphatic heterocycles. The van der Waals surface area contributed by atoms with Crippen LogP contribution in [0.2, 0.25) is 0 Å². The van der Waals surface area contributed by atoms with Gasteiger partial charge < -0.3 is 10.6 Å². The van der Waals surface area contributed by atoms with Crippen molar-refractivity contribution in [2.75, 3.05) is 30.3 Å². The largest absolute Gasteiger partial charge is 0.367 e. The van der Waals surface area contributed by atoms with E-state index in [1.807, 2.05) is 31.3 Å². The number of aromatic amines is 1. The molecule has 36 heavy (non-hydrogen) atoms. The molecule has 190 valence electrons. The van der Waals surface area contributed by atoms with Gasteiger partial charge in [-0.05, 0) is 44.7 Å². The van der Waals surface area contributed by atoms with Crippen LogP contribution in [0.15, 0.2) is 30.5 Å². The molecular weight excluding hydrogens is 450 g/mol. The first-order valence-electron chi connectivity index (χ1n) is 13.3. The monoisotopic (exact) mass is 487 g/mol. The van der Waals surface area contributed by atoms with E-state index in [4.69, 9.17) is 10.2 Å². The molecule has 9 nitrogen and oxygen atoms in total. The fraction of sp³-hybridized carbons (Fsp3) is 0.556. The Morgan fingerprint density at radius 1 is 1.14 bits per heavy atom. The summed E-state index contributed by atoms with van der Waals surface area (Å²) in [6.45, 7) is 9.68. The lowest BCUT2D eigenvalue weighted by Gasteiger charge is -2.54. The van der Waals surface area contributed by atoms with E-state index in [0.717, 1.165) is 79.4 Å². The van der Waals surface area contributed by atoms with Gasteiger partial charge in [-0.1, -0.05) is 13.8 Å². The first-order chi connectivity index (χ1) is 17.6. The van der Waals surface area contributed by atoms with Crippen molar-refractivity contribution in [2.45, 2.75) is 77.0 Å². The van der Waals surface area contributed by atoms with Crippen molar-refractivity contribution >= 4 is 28.4 Å². The molecular formula is C27H37N9. The van der Waals surface area contributed by atoms with E-state index in [1.165, 1.54) is 0 Å². The molecule has 0 aliphatic carbocycles. The molecule has 0 bridgehead atoms. The summed E-state index contributed by atoms with van der Waals surface area (Å²) >= 11 is 0. The zero-order chi connectivity index (χ0) is 25.1. The third kappa shape index (κ3) is 5.15. The first-order valence-corrected chi connectivity index (χ1v) is 13.3. The quantitative estimate of drug-likeness (QED) is 0.407. The van der Waals surface area contributed by atoms with Crippen LogP contribution in [0.5, 0.6) is 0 Å². The minimum Gasteiger partial charge on any atom is -0.367 e. The van der Waals surface area contributed by atoms with Crippen LogP contribution >= 0.6 is 0 Å². The Kier molecular flexibility index (Phi) is 7.35. The van der Waals surface area contributed by atoms with E-state index < -0.39 is 0 Å². The van der Waals surface area contributed by atoms with E-state index in [-0.39, 0.29) is 0 Å². The molecule has 0 saturated carbocycles. The average Bonchev–Trinajstić information content (AvgIpc) is 3.27. The first kappa shape index (κ1) is 24.5. The summed E-state index contributed by atoms with van der Waals surface area (Å²) in [5.74, 6) is 2.36. The molecule has 2 atom stereocenters. The van der Waals surface area contributed by atoms with Crippen LogP contribution < -0.4 is 10.6 Å². The molecule has 2 saturated heterocycles. The molecule has 0 amide bonds. The Bertz CT molecular complexity index is 1200. The van der Waals surface area contributed by atoms with Crippen molar-refractivity contribution in [3.05, 3.63) is 36.2 Å². The van der Waals surface area contributed by atoms with E-state index in [0.29, 0.717) is 30.6 Å². The molecule has 3 aromatic heterocycles. The number of piperidine rings is 1. The predicted octanol–water partition coefficient (Wildman–Crippen LogP) is 4.44. The minimum absolute atomic E-state index is 0.352. The van der Waals surface area contributed by atoms with Crippen molar-refractivity contribution in [2.24, 2.45) is 0 Å². The van der Waals surface area contributed by atoms with Crippen molar-refractivity contribution in [3.8, 4) is 6.07 Å². The van der Waals surface area contributed by atoms with Gasteiger partial charge in [-0.25, -0.2) is 4.98 Å². The maximum Gasteiger partial charge on any atom is 0.153 e. The van der Waals surface area contributed by atoms with Gasteiger partial charge in [-0.3, -0.25) is 19.9 Å². The number of aryl methyl sites for hydroxylation is 1. The Labute approximate surface area is 213 Å². The van der Waals surface area contributed by atoms with Crippen molar-refractivity contribution < 1.29 is 0 Å². The molecule has 0 radical (unpaired) electrons. The Morgan fingerprint density at radius 3 is 2.58 bits per heavy atom. The summed E-state index contributed by atoms with van der Waals surface area (Å²) < 4.78 is 0. The molecule has 0 aromatic carbocycles. The summed E-state index contributed by atoms with van der Waals surface area (Å²) in [6, 6.07) is 12.3. The number of anilines is 3. The van der Waals surface area contributed by atoms with Gasteiger partial charge in [0.15, 0.2) is 5.82 Å². The Hall–Kier alpha value is -3.22. The second kappa shape index (κ2) is 10.8. The highest BCUT2D eigenvalue weighted by Crippen LogP contribution is 2.35. The molecule has 3 N–H and O–H groups in total. The van der Waals surface area contributed by atoms with Crippen molar-refractivity contribution in [1.29, 1.82) is 5.26 Å². The average molecular weight is 488 g/mol. The van der Waals surface area contributed by atoms with Gasteiger partial charge in [-0.15, -0.1) is 0 Å². The van der Waals surface area contributed by atoms with E-state index in [1.54, 1.807) is 0 Å². The van der Waals surface area contributed by atoms with Crippen LogP contribution in [0, 0.1) is 18.3 Å². The maximum atomic E-state index is 8.91. The van der Waals surface area contributed by atoms with E-state index in [2.05, 4.69) is 61.6 Å². The third-order valence-electron chi connectivity index (χ3n) is 7.70. The van der Waals surface area contributed by atoms with Gasteiger partial charge in [-0.2, -0.15) is 10.4 Å². The molecule has 9 heteroatoms. The number of hydrogen-bond donors (Lipinski definition) is 3. The number of aromatic nitrogens is 4. The zero-order valence-corrected chi connectivity index (χ0v) is 21.5. The lowest BCUT2D eigenvalue weighted by atomic mass is 9.85. The van der Waals surface area contributed by atoms with Gasteiger partial charge in [0.25, 0.3) is 0 Å². The number of nitrogens with zero attached hydrogens (tertiary/aromatic N) is 6. The second-order valence-corrected chi connectivity index (χ2v) is 10.2. The fourth-order valence-corrected chi connectivity index (χ4v) is 5.94. The molecule has 5 heterocycles. The lowest BCUT2D eigenvalue weighted by Crippen LogP contribution is -2.66. The number of likely N-dealkylation sites (tertiary alicyclic amines) is 2. The highest BCUT2D eigenvalue weighted by molar-refractivity contribution is 5.91. The maximum absolute atomic E-state index is 8.91. The van der Waals surface area contributed by atoms with Gasteiger partial charge in [0.2, 0.25) is 0 Å². The van der Waals surface area contributed by atoms with Crippen molar-refractivity contribution in [3.63, 3.8) is 0 Å². The molecule has 0 spiro atoms. The van der Waals surface area contributed by atoms with Gasteiger partial charge in [0, 0.05) is 79.6 Å². The standard InChI is InChI=1S/C27H37N9/c1-4-20-13-19(14-21(5-2)36(20)22-16-35(17-22)11-7-9-28)30-27-23-8-6-10-29-24(23)15-25(32-27)31-26-12-18(3)33-34-26/h6,8,10,12,15,19-22H,4-5,7,11,13-14,16-17H2,1-3H3,(H3,30,31,32,33,34). The lowest BCUT2D eigenvalue weighted by molar-refractivity contribution is -0.0432. The van der Waals surface area contributed by atoms with Gasteiger partial charge in [0.1, 0.15) is 11.6 Å². The SMILES string of the molecule is CCC1CC(Nc2nc(Nc3cc(C)[nH]n3)cc3ncccc23)CC(CC)N1C1CN(CCC#N)C1. The fourth-order valence-electron chi connectivity index (χ4n) is 5.94. The molecule has 2 aliphatic rings. The van der Waals surface area contributed by atoms with Crippen LogP contribution in [-0.2, 0) is 0 Å². The van der Waals surface area contributed by atoms with E-state index in [9.17, 15) is 0 Å². The smallest absolute Gasteiger partial charge is 0.153 e. The van der Waals surface area contributed by atoms with Crippen LogP contribution in [0.25, 0.3) is 10.9 Å².